The normalized spacial score (nSPS) is 12.0. The summed E-state index contributed by atoms with van der Waals surface area (Å²) in [6, 6.07) is 45.0. The Morgan fingerprint density at radius 3 is 2.10 bits per heavy atom. The molecule has 9 aromatic rings. The molecule has 0 aliphatic carbocycles. The van der Waals surface area contributed by atoms with Gasteiger partial charge in [-0.25, -0.2) is 9.97 Å². The molecule has 5 aromatic carbocycles. The maximum atomic E-state index is 5.13. The topological polar surface area (TPSA) is 35.1 Å². The van der Waals surface area contributed by atoms with Gasteiger partial charge in [0.1, 0.15) is 11.5 Å². The lowest BCUT2D eigenvalue weighted by atomic mass is 10.0. The first kappa shape index (κ1) is 21.5. The second kappa shape index (κ2) is 8.01. The fraction of sp³-hybridized carbons (Fsp3) is 0. The molecule has 9 rings (SSSR count). The number of imidazole rings is 1. The lowest BCUT2D eigenvalue weighted by molar-refractivity contribution is 1.08. The molecule has 0 radical (unpaired) electrons. The summed E-state index contributed by atoms with van der Waals surface area (Å²) in [4.78, 5) is 10.0. The van der Waals surface area contributed by atoms with Gasteiger partial charge in [0, 0.05) is 27.7 Å². The highest BCUT2D eigenvalue weighted by atomic mass is 15.1. The van der Waals surface area contributed by atoms with E-state index < -0.39 is 0 Å². The number of benzene rings is 5. The van der Waals surface area contributed by atoms with Crippen LogP contribution in [0.4, 0.5) is 0 Å². The fourth-order valence-corrected chi connectivity index (χ4v) is 6.44. The standard InChI is InChI=1S/C36H22N4/c1-2-10-23(11-3-1)24-20-21-37-33(22-24)39-30-16-8-6-14-28(30)34-32(39)19-18-26-25-12-4-5-13-27(25)36-38-29-15-7-9-17-31(29)40(36)35(26)34/h1-22H. The van der Waals surface area contributed by atoms with E-state index >= 15 is 0 Å². The van der Waals surface area contributed by atoms with E-state index in [4.69, 9.17) is 9.97 Å². The summed E-state index contributed by atoms with van der Waals surface area (Å²) in [6.07, 6.45) is 1.91. The third-order valence-electron chi connectivity index (χ3n) is 8.14. The summed E-state index contributed by atoms with van der Waals surface area (Å²) in [5.74, 6) is 0.902. The van der Waals surface area contributed by atoms with Crippen LogP contribution < -0.4 is 0 Å². The van der Waals surface area contributed by atoms with Gasteiger partial charge < -0.3 is 0 Å². The summed E-state index contributed by atoms with van der Waals surface area (Å²) >= 11 is 0. The van der Waals surface area contributed by atoms with Gasteiger partial charge in [-0.05, 0) is 52.9 Å². The van der Waals surface area contributed by atoms with Crippen LogP contribution in [0.2, 0.25) is 0 Å². The predicted molar refractivity (Wildman–Crippen MR) is 165 cm³/mol. The molecule has 0 aliphatic heterocycles. The number of para-hydroxylation sites is 3. The van der Waals surface area contributed by atoms with Crippen LogP contribution in [0.1, 0.15) is 0 Å². The van der Waals surface area contributed by atoms with E-state index in [1.54, 1.807) is 0 Å². The smallest absolute Gasteiger partial charge is 0.146 e. The van der Waals surface area contributed by atoms with Crippen molar-refractivity contribution in [2.75, 3.05) is 0 Å². The number of hydrogen-bond donors (Lipinski definition) is 0. The van der Waals surface area contributed by atoms with Crippen molar-refractivity contribution in [1.29, 1.82) is 0 Å². The fourth-order valence-electron chi connectivity index (χ4n) is 6.44. The van der Waals surface area contributed by atoms with Crippen LogP contribution in [0.15, 0.2) is 134 Å². The number of fused-ring (bicyclic) bond motifs is 12. The van der Waals surface area contributed by atoms with Crippen LogP contribution in [0, 0.1) is 0 Å². The minimum absolute atomic E-state index is 0.902. The first-order chi connectivity index (χ1) is 19.9. The summed E-state index contributed by atoms with van der Waals surface area (Å²) in [6.45, 7) is 0. The van der Waals surface area contributed by atoms with Crippen LogP contribution in [-0.2, 0) is 0 Å². The van der Waals surface area contributed by atoms with Crippen molar-refractivity contribution in [3.8, 4) is 16.9 Å². The van der Waals surface area contributed by atoms with E-state index in [-0.39, 0.29) is 0 Å². The second-order valence-electron chi connectivity index (χ2n) is 10.3. The maximum Gasteiger partial charge on any atom is 0.146 e. The number of pyridine rings is 2. The molecular weight excluding hydrogens is 488 g/mol. The summed E-state index contributed by atoms with van der Waals surface area (Å²) in [7, 11) is 0. The molecule has 0 N–H and O–H groups in total. The van der Waals surface area contributed by atoms with Gasteiger partial charge in [-0.15, -0.1) is 0 Å². The molecule has 0 saturated carbocycles. The number of aromatic nitrogens is 4. The van der Waals surface area contributed by atoms with Crippen molar-refractivity contribution < 1.29 is 0 Å². The van der Waals surface area contributed by atoms with Crippen molar-refractivity contribution in [1.82, 2.24) is 18.9 Å². The predicted octanol–water partition coefficient (Wildman–Crippen LogP) is 8.95. The summed E-state index contributed by atoms with van der Waals surface area (Å²) in [5, 5.41) is 5.99. The molecular formula is C36H22N4. The van der Waals surface area contributed by atoms with Gasteiger partial charge >= 0.3 is 0 Å². The van der Waals surface area contributed by atoms with Gasteiger partial charge in [0.05, 0.1) is 27.6 Å². The van der Waals surface area contributed by atoms with Gasteiger partial charge in [-0.3, -0.25) is 8.97 Å². The molecule has 186 valence electrons. The molecule has 0 atom stereocenters. The Morgan fingerprint density at radius 2 is 1.23 bits per heavy atom. The van der Waals surface area contributed by atoms with Gasteiger partial charge in [-0.1, -0.05) is 91.0 Å². The lowest BCUT2D eigenvalue weighted by Gasteiger charge is -2.12. The molecule has 4 heterocycles. The van der Waals surface area contributed by atoms with Crippen molar-refractivity contribution in [2.45, 2.75) is 0 Å². The molecule has 0 saturated heterocycles. The Bertz CT molecular complexity index is 2430. The van der Waals surface area contributed by atoms with Crippen LogP contribution in [0.5, 0.6) is 0 Å². The molecule has 0 aliphatic rings. The number of hydrogen-bond acceptors (Lipinski definition) is 2. The van der Waals surface area contributed by atoms with E-state index in [2.05, 4.69) is 130 Å². The van der Waals surface area contributed by atoms with Crippen molar-refractivity contribution in [3.05, 3.63) is 134 Å². The van der Waals surface area contributed by atoms with Crippen molar-refractivity contribution >= 4 is 60.2 Å². The minimum Gasteiger partial charge on any atom is -0.294 e. The van der Waals surface area contributed by atoms with Crippen LogP contribution in [0.25, 0.3) is 77.1 Å². The van der Waals surface area contributed by atoms with E-state index in [1.807, 2.05) is 12.3 Å². The van der Waals surface area contributed by atoms with Crippen LogP contribution in [-0.4, -0.2) is 18.9 Å². The number of rotatable bonds is 2. The Labute approximate surface area is 229 Å². The molecule has 4 heteroatoms. The zero-order valence-corrected chi connectivity index (χ0v) is 21.5. The van der Waals surface area contributed by atoms with Gasteiger partial charge in [-0.2, -0.15) is 0 Å². The van der Waals surface area contributed by atoms with Gasteiger partial charge in [0.2, 0.25) is 0 Å². The molecule has 40 heavy (non-hydrogen) atoms. The molecule has 0 spiro atoms. The first-order valence-corrected chi connectivity index (χ1v) is 13.5. The Hall–Kier alpha value is -5.48. The lowest BCUT2D eigenvalue weighted by Crippen LogP contribution is -1.98. The monoisotopic (exact) mass is 510 g/mol. The second-order valence-corrected chi connectivity index (χ2v) is 10.3. The number of nitrogens with zero attached hydrogens (tertiary/aromatic N) is 4. The Morgan fingerprint density at radius 1 is 0.500 bits per heavy atom. The zero-order valence-electron chi connectivity index (χ0n) is 21.5. The highest BCUT2D eigenvalue weighted by molar-refractivity contribution is 6.26. The molecule has 4 nitrogen and oxygen atoms in total. The summed E-state index contributed by atoms with van der Waals surface area (Å²) < 4.78 is 4.66. The Balaban J connectivity index is 1.50. The van der Waals surface area contributed by atoms with E-state index in [9.17, 15) is 0 Å². The van der Waals surface area contributed by atoms with E-state index in [0.717, 1.165) is 44.5 Å². The molecule has 0 amide bonds. The van der Waals surface area contributed by atoms with E-state index in [0.29, 0.717) is 0 Å². The van der Waals surface area contributed by atoms with E-state index in [1.165, 1.54) is 32.6 Å². The molecule has 0 fully saturated rings. The maximum absolute atomic E-state index is 5.13. The quantitative estimate of drug-likeness (QED) is 0.218. The van der Waals surface area contributed by atoms with Crippen LogP contribution >= 0.6 is 0 Å². The largest absolute Gasteiger partial charge is 0.294 e. The third-order valence-corrected chi connectivity index (χ3v) is 8.14. The van der Waals surface area contributed by atoms with Crippen molar-refractivity contribution in [2.24, 2.45) is 0 Å². The van der Waals surface area contributed by atoms with Gasteiger partial charge in [0.15, 0.2) is 0 Å². The molecule has 0 bridgehead atoms. The third kappa shape index (κ3) is 2.85. The zero-order chi connectivity index (χ0) is 26.2. The highest BCUT2D eigenvalue weighted by Gasteiger charge is 2.20. The summed E-state index contributed by atoms with van der Waals surface area (Å²) in [5.41, 5.74) is 8.85. The average molecular weight is 511 g/mol. The van der Waals surface area contributed by atoms with Gasteiger partial charge in [0.25, 0.3) is 0 Å². The minimum atomic E-state index is 0.902. The first-order valence-electron chi connectivity index (χ1n) is 13.5. The SMILES string of the molecule is c1ccc(-c2ccnc(-n3c4ccccc4c4c3ccc3c5ccccc5c5nc6ccccc6n5c34)c2)cc1. The average Bonchev–Trinajstić information content (AvgIpc) is 3.58. The van der Waals surface area contributed by atoms with Crippen LogP contribution in [0.3, 0.4) is 0 Å². The highest BCUT2D eigenvalue weighted by Crippen LogP contribution is 2.41. The Kier molecular flexibility index (Phi) is 4.30. The molecule has 0 unspecified atom stereocenters. The molecule has 4 aromatic heterocycles. The van der Waals surface area contributed by atoms with Crippen molar-refractivity contribution in [3.63, 3.8) is 0 Å².